The first-order chi connectivity index (χ1) is 10.1. The van der Waals surface area contributed by atoms with Gasteiger partial charge in [-0.15, -0.1) is 0 Å². The fourth-order valence-corrected chi connectivity index (χ4v) is 3.47. The maximum atomic E-state index is 11.4. The largest absolute Gasteiger partial charge is 0.295 e. The van der Waals surface area contributed by atoms with Crippen LogP contribution in [-0.4, -0.2) is 21.9 Å². The van der Waals surface area contributed by atoms with Gasteiger partial charge in [0.1, 0.15) is 6.10 Å². The van der Waals surface area contributed by atoms with E-state index in [1.165, 1.54) is 6.42 Å². The van der Waals surface area contributed by atoms with Crippen LogP contribution in [0.4, 0.5) is 0 Å². The fourth-order valence-electron chi connectivity index (χ4n) is 3.47. The lowest BCUT2D eigenvalue weighted by atomic mass is 9.82. The second-order valence-corrected chi connectivity index (χ2v) is 7.70. The van der Waals surface area contributed by atoms with Crippen LogP contribution in [0.2, 0.25) is 0 Å². The molecule has 122 valence electrons. The van der Waals surface area contributed by atoms with Crippen molar-refractivity contribution in [3.05, 3.63) is 35.4 Å². The van der Waals surface area contributed by atoms with E-state index in [9.17, 15) is 4.79 Å². The van der Waals surface area contributed by atoms with Crippen LogP contribution in [0.15, 0.2) is 24.3 Å². The van der Waals surface area contributed by atoms with Crippen molar-refractivity contribution in [2.45, 2.75) is 78.0 Å². The molecule has 1 saturated heterocycles. The number of nitrogens with zero attached hydrogens (tertiary/aromatic N) is 1. The summed E-state index contributed by atoms with van der Waals surface area (Å²) in [5.74, 6) is 0.0958. The van der Waals surface area contributed by atoms with Gasteiger partial charge in [-0.05, 0) is 66.4 Å². The van der Waals surface area contributed by atoms with Gasteiger partial charge < -0.3 is 0 Å². The number of benzene rings is 1. The van der Waals surface area contributed by atoms with Crippen LogP contribution in [0.3, 0.4) is 0 Å². The van der Waals surface area contributed by atoms with E-state index in [0.29, 0.717) is 0 Å². The summed E-state index contributed by atoms with van der Waals surface area (Å²) in [5.41, 5.74) is 1.92. The third kappa shape index (κ3) is 3.58. The van der Waals surface area contributed by atoms with Gasteiger partial charge in [-0.2, -0.15) is 5.06 Å². The van der Waals surface area contributed by atoms with Gasteiger partial charge >= 0.3 is 0 Å². The topological polar surface area (TPSA) is 29.5 Å². The molecule has 0 aromatic heterocycles. The third-order valence-corrected chi connectivity index (χ3v) is 4.73. The molecule has 1 atom stereocenters. The van der Waals surface area contributed by atoms with E-state index < -0.39 is 0 Å². The lowest BCUT2D eigenvalue weighted by Gasteiger charge is -2.52. The second-order valence-electron chi connectivity index (χ2n) is 7.70. The molecule has 0 aliphatic carbocycles. The second kappa shape index (κ2) is 6.13. The van der Waals surface area contributed by atoms with Gasteiger partial charge in [0.05, 0.1) is 0 Å². The highest BCUT2D eigenvalue weighted by molar-refractivity contribution is 5.94. The molecule has 1 fully saturated rings. The number of rotatable bonds is 4. The van der Waals surface area contributed by atoms with Crippen LogP contribution >= 0.6 is 0 Å². The standard InChI is InChI=1S/C19H29NO2/c1-14(21)16-8-10-17(11-9-16)15(2)22-20-18(3,4)12-7-13-19(20,5)6/h8-11,15H,7,12-13H2,1-6H3. The van der Waals surface area contributed by atoms with Gasteiger partial charge in [0.15, 0.2) is 5.78 Å². The average Bonchev–Trinajstić information content (AvgIpc) is 2.42. The monoisotopic (exact) mass is 303 g/mol. The van der Waals surface area contributed by atoms with Crippen molar-refractivity contribution in [1.82, 2.24) is 5.06 Å². The van der Waals surface area contributed by atoms with E-state index >= 15 is 0 Å². The molecule has 22 heavy (non-hydrogen) atoms. The summed E-state index contributed by atoms with van der Waals surface area (Å²) < 4.78 is 0. The molecule has 3 nitrogen and oxygen atoms in total. The van der Waals surface area contributed by atoms with Crippen molar-refractivity contribution >= 4 is 5.78 Å². The minimum Gasteiger partial charge on any atom is -0.295 e. The Hall–Kier alpha value is -1.19. The minimum atomic E-state index is -0.0299. The summed E-state index contributed by atoms with van der Waals surface area (Å²) in [6.45, 7) is 12.7. The lowest BCUT2D eigenvalue weighted by molar-refractivity contribution is -0.304. The molecule has 1 heterocycles. The molecule has 0 bridgehead atoms. The number of carbonyl (C=O) groups is 1. The Kier molecular flexibility index (Phi) is 4.78. The number of ketones is 1. The van der Waals surface area contributed by atoms with E-state index in [2.05, 4.69) is 39.7 Å². The van der Waals surface area contributed by atoms with Gasteiger partial charge in [-0.3, -0.25) is 9.63 Å². The number of hydrogen-bond acceptors (Lipinski definition) is 3. The SMILES string of the molecule is CC(=O)c1ccc(C(C)ON2C(C)(C)CCCC2(C)C)cc1. The highest BCUT2D eigenvalue weighted by Gasteiger charge is 2.43. The number of hydroxylamine groups is 2. The Morgan fingerprint density at radius 1 is 1.09 bits per heavy atom. The summed E-state index contributed by atoms with van der Waals surface area (Å²) in [6.07, 6.45) is 3.50. The molecule has 0 N–H and O–H groups in total. The summed E-state index contributed by atoms with van der Waals surface area (Å²) in [4.78, 5) is 17.7. The van der Waals surface area contributed by atoms with E-state index in [0.717, 1.165) is 24.0 Å². The predicted molar refractivity (Wildman–Crippen MR) is 89.8 cm³/mol. The summed E-state index contributed by atoms with van der Waals surface area (Å²) in [7, 11) is 0. The van der Waals surface area contributed by atoms with Crippen LogP contribution in [-0.2, 0) is 4.84 Å². The maximum absolute atomic E-state index is 11.4. The summed E-state index contributed by atoms with van der Waals surface area (Å²) >= 11 is 0. The molecule has 0 radical (unpaired) electrons. The molecular weight excluding hydrogens is 274 g/mol. The first kappa shape index (κ1) is 17.2. The van der Waals surface area contributed by atoms with Crippen molar-refractivity contribution < 1.29 is 9.63 Å². The predicted octanol–water partition coefficient (Wildman–Crippen LogP) is 4.92. The maximum Gasteiger partial charge on any atom is 0.159 e. The van der Waals surface area contributed by atoms with E-state index in [4.69, 9.17) is 4.84 Å². The Bertz CT molecular complexity index is 515. The quantitative estimate of drug-likeness (QED) is 0.739. The van der Waals surface area contributed by atoms with E-state index in [-0.39, 0.29) is 23.0 Å². The lowest BCUT2D eigenvalue weighted by Crippen LogP contribution is -2.58. The van der Waals surface area contributed by atoms with Crippen molar-refractivity contribution in [1.29, 1.82) is 0 Å². The van der Waals surface area contributed by atoms with E-state index in [1.54, 1.807) is 6.92 Å². The van der Waals surface area contributed by atoms with Gasteiger partial charge in [0.2, 0.25) is 0 Å². The van der Waals surface area contributed by atoms with Crippen LogP contribution in [0, 0.1) is 0 Å². The van der Waals surface area contributed by atoms with Crippen LogP contribution in [0.25, 0.3) is 0 Å². The van der Waals surface area contributed by atoms with Gasteiger partial charge in [0, 0.05) is 16.6 Å². The smallest absolute Gasteiger partial charge is 0.159 e. The van der Waals surface area contributed by atoms with Crippen molar-refractivity contribution in [2.24, 2.45) is 0 Å². The molecule has 0 amide bonds. The number of hydrogen-bond donors (Lipinski definition) is 0. The molecule has 0 spiro atoms. The molecule has 1 aromatic rings. The molecule has 1 aromatic carbocycles. The van der Waals surface area contributed by atoms with Crippen LogP contribution in [0.1, 0.15) is 82.8 Å². The Morgan fingerprint density at radius 2 is 1.59 bits per heavy atom. The van der Waals surface area contributed by atoms with Crippen molar-refractivity contribution in [2.75, 3.05) is 0 Å². The highest BCUT2D eigenvalue weighted by Crippen LogP contribution is 2.40. The van der Waals surface area contributed by atoms with Gasteiger partial charge in [-0.1, -0.05) is 24.3 Å². The molecule has 1 unspecified atom stereocenters. The molecule has 1 aliphatic rings. The minimum absolute atomic E-state index is 0.0299. The highest BCUT2D eigenvalue weighted by atomic mass is 16.7. The normalized spacial score (nSPS) is 22.3. The zero-order valence-electron chi connectivity index (χ0n) is 14.8. The number of carbonyl (C=O) groups excluding carboxylic acids is 1. The van der Waals surface area contributed by atoms with Crippen LogP contribution < -0.4 is 0 Å². The number of Topliss-reactive ketones (excluding diaryl/α,β-unsaturated/α-hetero) is 1. The fraction of sp³-hybridized carbons (Fsp3) is 0.632. The zero-order chi connectivity index (χ0) is 16.5. The van der Waals surface area contributed by atoms with Crippen molar-refractivity contribution in [3.63, 3.8) is 0 Å². The van der Waals surface area contributed by atoms with Gasteiger partial charge in [0.25, 0.3) is 0 Å². The zero-order valence-corrected chi connectivity index (χ0v) is 14.8. The first-order valence-electron chi connectivity index (χ1n) is 8.21. The first-order valence-corrected chi connectivity index (χ1v) is 8.21. The third-order valence-electron chi connectivity index (χ3n) is 4.73. The molecular formula is C19H29NO2. The average molecular weight is 303 g/mol. The summed E-state index contributed by atoms with van der Waals surface area (Å²) in [6, 6.07) is 7.74. The molecule has 0 saturated carbocycles. The van der Waals surface area contributed by atoms with E-state index in [1.807, 2.05) is 24.3 Å². The summed E-state index contributed by atoms with van der Waals surface area (Å²) in [5, 5.41) is 2.19. The molecule has 3 heteroatoms. The Morgan fingerprint density at radius 3 is 2.05 bits per heavy atom. The Labute approximate surface area is 134 Å². The van der Waals surface area contributed by atoms with Crippen LogP contribution in [0.5, 0.6) is 0 Å². The van der Waals surface area contributed by atoms with Crippen molar-refractivity contribution in [3.8, 4) is 0 Å². The Balaban J connectivity index is 2.15. The molecule has 1 aliphatic heterocycles. The molecule has 2 rings (SSSR count). The van der Waals surface area contributed by atoms with Gasteiger partial charge in [-0.25, -0.2) is 0 Å². The number of piperidine rings is 1.